The largest absolute Gasteiger partial charge is 0.481 e. The molecule has 3 heterocycles. The van der Waals surface area contributed by atoms with Crippen molar-refractivity contribution in [2.45, 2.75) is 39.7 Å². The van der Waals surface area contributed by atoms with Crippen LogP contribution in [-0.4, -0.2) is 49.2 Å². The fourth-order valence-electron chi connectivity index (χ4n) is 3.56. The molecule has 3 rings (SSSR count). The van der Waals surface area contributed by atoms with Gasteiger partial charge in [0.05, 0.1) is 22.9 Å². The maximum atomic E-state index is 13.0. The molecule has 0 saturated carbocycles. The van der Waals surface area contributed by atoms with Crippen LogP contribution in [0.2, 0.25) is 0 Å². The van der Waals surface area contributed by atoms with Gasteiger partial charge in [0.2, 0.25) is 0 Å². The molecular weight excluding hydrogens is 308 g/mol. The first kappa shape index (κ1) is 16.4. The van der Waals surface area contributed by atoms with Gasteiger partial charge in [0.15, 0.2) is 5.65 Å². The molecule has 1 fully saturated rings. The maximum absolute atomic E-state index is 13.0. The van der Waals surface area contributed by atoms with E-state index >= 15 is 0 Å². The molecular formula is C17H22N4O3. The standard InChI is InChI=1S/C17H22N4O3/c1-9-14(8-13-10(2)19-20(4)15(13)18-9)16(22)21-7-5-6-12(11(21)3)17(23)24/h8,11-12H,5-7H2,1-4H3,(H,23,24)/t11-,12-/m1/s1. The lowest BCUT2D eigenvalue weighted by atomic mass is 9.89. The Hall–Kier alpha value is -2.44. The Morgan fingerprint density at radius 3 is 2.67 bits per heavy atom. The predicted molar refractivity (Wildman–Crippen MR) is 88.8 cm³/mol. The second-order valence-corrected chi connectivity index (χ2v) is 6.53. The van der Waals surface area contributed by atoms with Crippen molar-refractivity contribution in [2.75, 3.05) is 6.54 Å². The van der Waals surface area contributed by atoms with Gasteiger partial charge in [-0.05, 0) is 39.7 Å². The van der Waals surface area contributed by atoms with Gasteiger partial charge in [-0.2, -0.15) is 5.10 Å². The molecule has 7 nitrogen and oxygen atoms in total. The van der Waals surface area contributed by atoms with E-state index < -0.39 is 11.9 Å². The topological polar surface area (TPSA) is 88.3 Å². The quantitative estimate of drug-likeness (QED) is 0.908. The van der Waals surface area contributed by atoms with Crippen LogP contribution in [-0.2, 0) is 11.8 Å². The highest BCUT2D eigenvalue weighted by Crippen LogP contribution is 2.27. The summed E-state index contributed by atoms with van der Waals surface area (Å²) in [6.07, 6.45) is 1.31. The van der Waals surface area contributed by atoms with E-state index in [0.29, 0.717) is 30.6 Å². The second-order valence-electron chi connectivity index (χ2n) is 6.53. The third kappa shape index (κ3) is 2.53. The Labute approximate surface area is 140 Å². The molecule has 0 bridgehead atoms. The van der Waals surface area contributed by atoms with Crippen LogP contribution in [0.1, 0.15) is 41.5 Å². The molecule has 2 aromatic rings. The van der Waals surface area contributed by atoms with E-state index in [1.165, 1.54) is 0 Å². The number of fused-ring (bicyclic) bond motifs is 1. The zero-order valence-electron chi connectivity index (χ0n) is 14.4. The lowest BCUT2D eigenvalue weighted by Gasteiger charge is -2.37. The number of likely N-dealkylation sites (tertiary alicyclic amines) is 1. The summed E-state index contributed by atoms with van der Waals surface area (Å²) < 4.78 is 1.70. The van der Waals surface area contributed by atoms with Gasteiger partial charge in [-0.15, -0.1) is 0 Å². The van der Waals surface area contributed by atoms with Gasteiger partial charge in [-0.1, -0.05) is 0 Å². The number of carbonyl (C=O) groups is 2. The lowest BCUT2D eigenvalue weighted by Crippen LogP contribution is -2.49. The van der Waals surface area contributed by atoms with Crippen molar-refractivity contribution in [3.05, 3.63) is 23.0 Å². The first-order valence-corrected chi connectivity index (χ1v) is 8.16. The molecule has 0 radical (unpaired) electrons. The number of aryl methyl sites for hydroxylation is 3. The van der Waals surface area contributed by atoms with E-state index in [-0.39, 0.29) is 11.9 Å². The molecule has 2 atom stereocenters. The van der Waals surface area contributed by atoms with Crippen LogP contribution in [0.5, 0.6) is 0 Å². The monoisotopic (exact) mass is 330 g/mol. The van der Waals surface area contributed by atoms with E-state index in [4.69, 9.17) is 0 Å². The first-order chi connectivity index (χ1) is 11.3. The molecule has 2 aromatic heterocycles. The van der Waals surface area contributed by atoms with Gasteiger partial charge in [0.1, 0.15) is 0 Å². The van der Waals surface area contributed by atoms with E-state index in [1.54, 1.807) is 16.5 Å². The fourth-order valence-corrected chi connectivity index (χ4v) is 3.56. The van der Waals surface area contributed by atoms with Gasteiger partial charge < -0.3 is 10.0 Å². The Morgan fingerprint density at radius 1 is 1.29 bits per heavy atom. The van der Waals surface area contributed by atoms with Gasteiger partial charge in [-0.25, -0.2) is 4.98 Å². The highest BCUT2D eigenvalue weighted by atomic mass is 16.4. The summed E-state index contributed by atoms with van der Waals surface area (Å²) in [7, 11) is 1.83. The van der Waals surface area contributed by atoms with E-state index in [1.807, 2.05) is 27.0 Å². The summed E-state index contributed by atoms with van der Waals surface area (Å²) in [6, 6.07) is 1.51. The number of carboxylic acids is 1. The molecule has 0 unspecified atom stereocenters. The number of carboxylic acid groups (broad SMARTS) is 1. The van der Waals surface area contributed by atoms with Crippen LogP contribution < -0.4 is 0 Å². The first-order valence-electron chi connectivity index (χ1n) is 8.16. The van der Waals surface area contributed by atoms with Crippen molar-refractivity contribution in [1.29, 1.82) is 0 Å². The van der Waals surface area contributed by atoms with Gasteiger partial charge in [0.25, 0.3) is 5.91 Å². The molecule has 0 spiro atoms. The summed E-state index contributed by atoms with van der Waals surface area (Å²) in [5.74, 6) is -1.50. The molecule has 0 aromatic carbocycles. The van der Waals surface area contributed by atoms with Crippen LogP contribution in [0.25, 0.3) is 11.0 Å². The minimum Gasteiger partial charge on any atom is -0.481 e. The number of carbonyl (C=O) groups excluding carboxylic acids is 1. The van der Waals surface area contributed by atoms with Crippen LogP contribution >= 0.6 is 0 Å². The molecule has 0 aliphatic carbocycles. The molecule has 1 N–H and O–H groups in total. The van der Waals surface area contributed by atoms with Crippen molar-refractivity contribution < 1.29 is 14.7 Å². The normalized spacial score (nSPS) is 21.2. The van der Waals surface area contributed by atoms with Gasteiger partial charge in [0, 0.05) is 25.0 Å². The summed E-state index contributed by atoms with van der Waals surface area (Å²) >= 11 is 0. The fraction of sp³-hybridized carbons (Fsp3) is 0.529. The number of aromatic nitrogens is 3. The van der Waals surface area contributed by atoms with E-state index in [9.17, 15) is 14.7 Å². The maximum Gasteiger partial charge on any atom is 0.308 e. The van der Waals surface area contributed by atoms with Crippen LogP contribution in [0, 0.1) is 19.8 Å². The zero-order chi connectivity index (χ0) is 17.6. The third-order valence-corrected chi connectivity index (χ3v) is 4.99. The van der Waals surface area contributed by atoms with Crippen molar-refractivity contribution in [3.63, 3.8) is 0 Å². The number of pyridine rings is 1. The number of piperidine rings is 1. The Morgan fingerprint density at radius 2 is 2.00 bits per heavy atom. The highest BCUT2D eigenvalue weighted by Gasteiger charge is 2.36. The Kier molecular flexibility index (Phi) is 4.03. The average molecular weight is 330 g/mol. The third-order valence-electron chi connectivity index (χ3n) is 4.99. The summed E-state index contributed by atoms with van der Waals surface area (Å²) in [4.78, 5) is 30.6. The molecule has 1 aliphatic heterocycles. The van der Waals surface area contributed by atoms with E-state index in [0.717, 1.165) is 16.7 Å². The SMILES string of the molecule is Cc1nc2c(cc1C(=O)N1CCC[C@@H](C(=O)O)[C@H]1C)c(C)nn2C. The number of aliphatic carboxylic acids is 1. The van der Waals surface area contributed by atoms with Gasteiger partial charge in [-0.3, -0.25) is 14.3 Å². The Balaban J connectivity index is 2.00. The van der Waals surface area contributed by atoms with Crippen molar-refractivity contribution >= 4 is 22.9 Å². The zero-order valence-corrected chi connectivity index (χ0v) is 14.4. The Bertz CT molecular complexity index is 827. The number of nitrogens with zero attached hydrogens (tertiary/aromatic N) is 4. The smallest absolute Gasteiger partial charge is 0.308 e. The van der Waals surface area contributed by atoms with Crippen LogP contribution in [0.15, 0.2) is 6.07 Å². The second kappa shape index (κ2) is 5.89. The minimum absolute atomic E-state index is 0.149. The molecule has 128 valence electrons. The van der Waals surface area contributed by atoms with Crippen molar-refractivity contribution in [2.24, 2.45) is 13.0 Å². The summed E-state index contributed by atoms with van der Waals surface area (Å²) in [6.45, 7) is 6.08. The number of rotatable bonds is 2. The number of hydrogen-bond donors (Lipinski definition) is 1. The molecule has 7 heteroatoms. The predicted octanol–water partition coefficient (Wildman–Crippen LogP) is 1.91. The minimum atomic E-state index is -0.839. The van der Waals surface area contributed by atoms with Crippen molar-refractivity contribution in [3.8, 4) is 0 Å². The molecule has 1 aliphatic rings. The number of hydrogen-bond acceptors (Lipinski definition) is 4. The lowest BCUT2D eigenvalue weighted by molar-refractivity contribution is -0.144. The van der Waals surface area contributed by atoms with Crippen molar-refractivity contribution in [1.82, 2.24) is 19.7 Å². The molecule has 1 saturated heterocycles. The van der Waals surface area contributed by atoms with Gasteiger partial charge >= 0.3 is 5.97 Å². The van der Waals surface area contributed by atoms with Crippen LogP contribution in [0.3, 0.4) is 0 Å². The van der Waals surface area contributed by atoms with E-state index in [2.05, 4.69) is 10.1 Å². The highest BCUT2D eigenvalue weighted by molar-refractivity contribution is 5.99. The molecule has 1 amide bonds. The average Bonchev–Trinajstić information content (AvgIpc) is 2.80. The molecule has 24 heavy (non-hydrogen) atoms. The number of amides is 1. The summed E-state index contributed by atoms with van der Waals surface area (Å²) in [5, 5.41) is 14.6. The van der Waals surface area contributed by atoms with Crippen LogP contribution in [0.4, 0.5) is 0 Å². The summed E-state index contributed by atoms with van der Waals surface area (Å²) in [5.41, 5.74) is 2.73.